The zero-order valence-electron chi connectivity index (χ0n) is 8.00. The van der Waals surface area contributed by atoms with Gasteiger partial charge in [0.15, 0.2) is 0 Å². The van der Waals surface area contributed by atoms with E-state index in [1.165, 1.54) is 0 Å². The fraction of sp³-hybridized carbons (Fsp3) is 0.333. The Kier molecular flexibility index (Phi) is 3.99. The van der Waals surface area contributed by atoms with Crippen LogP contribution in [-0.2, 0) is 0 Å². The van der Waals surface area contributed by atoms with Crippen LogP contribution < -0.4 is 10.6 Å². The van der Waals surface area contributed by atoms with Crippen LogP contribution in [0.15, 0.2) is 30.3 Å². The second-order valence-electron chi connectivity index (χ2n) is 3.53. The third-order valence-electron chi connectivity index (χ3n) is 1.17. The third kappa shape index (κ3) is 4.15. The van der Waals surface area contributed by atoms with Crippen molar-refractivity contribution >= 4 is 8.32 Å². The minimum Gasteiger partial charge on any atom is -0.544 e. The third-order valence-corrected chi connectivity index (χ3v) is 2.02. The Hall–Kier alpha value is -0.803. The van der Waals surface area contributed by atoms with E-state index in [-0.39, 0.29) is 6.15 Å². The first-order valence-electron chi connectivity index (χ1n) is 3.82. The van der Waals surface area contributed by atoms with Crippen LogP contribution in [0.1, 0.15) is 0 Å². The first kappa shape index (κ1) is 11.2. The lowest BCUT2D eigenvalue weighted by atomic mass is 10.3. The molecule has 68 valence electrons. The van der Waals surface area contributed by atoms with Crippen molar-refractivity contribution in [1.29, 1.82) is 0 Å². The van der Waals surface area contributed by atoms with E-state index in [4.69, 9.17) is 4.43 Å². The van der Waals surface area contributed by atoms with Crippen molar-refractivity contribution in [1.82, 2.24) is 6.15 Å². The van der Waals surface area contributed by atoms with Gasteiger partial charge in [0.2, 0.25) is 8.32 Å². The molecule has 1 aromatic carbocycles. The molecule has 12 heavy (non-hydrogen) atoms. The molecule has 3 heteroatoms. The Balaban J connectivity index is 0.00000121. The number of hydrogen-bond acceptors (Lipinski definition) is 2. The van der Waals surface area contributed by atoms with Crippen molar-refractivity contribution in [2.75, 3.05) is 0 Å². The molecule has 0 saturated heterocycles. The Morgan fingerprint density at radius 2 is 1.50 bits per heavy atom. The summed E-state index contributed by atoms with van der Waals surface area (Å²) in [6.45, 7) is 6.54. The van der Waals surface area contributed by atoms with Crippen molar-refractivity contribution in [2.45, 2.75) is 19.6 Å². The minimum absolute atomic E-state index is 0. The molecule has 0 aromatic heterocycles. The van der Waals surface area contributed by atoms with E-state index in [0.29, 0.717) is 0 Å². The number of rotatable bonds is 2. The van der Waals surface area contributed by atoms with Gasteiger partial charge in [-0.15, -0.1) is 0 Å². The molecular formula is C9H17NOSi. The average molecular weight is 183 g/mol. The summed E-state index contributed by atoms with van der Waals surface area (Å²) in [5, 5.41) is 0. The summed E-state index contributed by atoms with van der Waals surface area (Å²) in [4.78, 5) is 0. The standard InChI is InChI=1S/C9H14OSi.H3N/c1-11(2,3)10-9-7-5-4-6-8-9;/h4-8H,1-3H3;1H3. The van der Waals surface area contributed by atoms with Crippen molar-refractivity contribution in [3.05, 3.63) is 30.3 Å². The van der Waals surface area contributed by atoms with Gasteiger partial charge in [-0.25, -0.2) is 0 Å². The number of para-hydroxylation sites is 1. The lowest BCUT2D eigenvalue weighted by Gasteiger charge is -2.18. The zero-order valence-corrected chi connectivity index (χ0v) is 9.00. The maximum atomic E-state index is 5.74. The monoisotopic (exact) mass is 183 g/mol. The lowest BCUT2D eigenvalue weighted by molar-refractivity contribution is 0.558. The highest BCUT2D eigenvalue weighted by Crippen LogP contribution is 2.14. The van der Waals surface area contributed by atoms with Gasteiger partial charge in [0.25, 0.3) is 0 Å². The maximum absolute atomic E-state index is 5.74. The van der Waals surface area contributed by atoms with Gasteiger partial charge in [0.05, 0.1) is 0 Å². The van der Waals surface area contributed by atoms with Gasteiger partial charge in [0, 0.05) is 0 Å². The summed E-state index contributed by atoms with van der Waals surface area (Å²) in [6.07, 6.45) is 0. The summed E-state index contributed by atoms with van der Waals surface area (Å²) in [5.41, 5.74) is 0. The first-order chi connectivity index (χ1) is 5.08. The molecule has 0 spiro atoms. The van der Waals surface area contributed by atoms with Crippen molar-refractivity contribution in [3.63, 3.8) is 0 Å². The molecule has 3 N–H and O–H groups in total. The normalized spacial score (nSPS) is 10.2. The summed E-state index contributed by atoms with van der Waals surface area (Å²) in [7, 11) is -1.40. The second kappa shape index (κ2) is 4.28. The molecule has 0 saturated carbocycles. The van der Waals surface area contributed by atoms with Crippen molar-refractivity contribution in [3.8, 4) is 5.75 Å². The highest BCUT2D eigenvalue weighted by molar-refractivity contribution is 6.70. The highest BCUT2D eigenvalue weighted by atomic mass is 28.4. The Bertz CT molecular complexity index is 218. The van der Waals surface area contributed by atoms with Crippen LogP contribution in [0.5, 0.6) is 5.75 Å². The quantitative estimate of drug-likeness (QED) is 0.716. The Morgan fingerprint density at radius 1 is 1.00 bits per heavy atom. The number of hydrogen-bond donors (Lipinski definition) is 1. The van der Waals surface area contributed by atoms with Crippen LogP contribution in [0.3, 0.4) is 0 Å². The Morgan fingerprint density at radius 3 is 1.92 bits per heavy atom. The van der Waals surface area contributed by atoms with Crippen molar-refractivity contribution in [2.24, 2.45) is 0 Å². The van der Waals surface area contributed by atoms with Gasteiger partial charge < -0.3 is 10.6 Å². The van der Waals surface area contributed by atoms with Crippen LogP contribution >= 0.6 is 0 Å². The van der Waals surface area contributed by atoms with E-state index in [1.807, 2.05) is 30.3 Å². The van der Waals surface area contributed by atoms with Crippen LogP contribution in [0, 0.1) is 0 Å². The Labute approximate surface area is 75.3 Å². The second-order valence-corrected chi connectivity index (χ2v) is 7.96. The van der Waals surface area contributed by atoms with Gasteiger partial charge in [-0.1, -0.05) is 18.2 Å². The van der Waals surface area contributed by atoms with Crippen molar-refractivity contribution < 1.29 is 4.43 Å². The van der Waals surface area contributed by atoms with E-state index in [0.717, 1.165) is 5.75 Å². The van der Waals surface area contributed by atoms with Gasteiger partial charge in [-0.3, -0.25) is 0 Å². The van der Waals surface area contributed by atoms with Crippen LogP contribution in [0.4, 0.5) is 0 Å². The smallest absolute Gasteiger partial charge is 0.242 e. The van der Waals surface area contributed by atoms with Gasteiger partial charge in [0.1, 0.15) is 5.75 Å². The molecule has 1 aromatic rings. The molecule has 0 aliphatic heterocycles. The summed E-state index contributed by atoms with van der Waals surface area (Å²) >= 11 is 0. The van der Waals surface area contributed by atoms with E-state index in [9.17, 15) is 0 Å². The molecule has 1 rings (SSSR count). The molecule has 0 aliphatic rings. The topological polar surface area (TPSA) is 44.2 Å². The molecule has 0 radical (unpaired) electrons. The molecular weight excluding hydrogens is 166 g/mol. The number of benzene rings is 1. The molecule has 0 unspecified atom stereocenters. The molecule has 0 fully saturated rings. The summed E-state index contributed by atoms with van der Waals surface area (Å²) in [6, 6.07) is 9.98. The summed E-state index contributed by atoms with van der Waals surface area (Å²) in [5.74, 6) is 0.992. The molecule has 0 atom stereocenters. The van der Waals surface area contributed by atoms with Crippen LogP contribution in [0.2, 0.25) is 19.6 Å². The van der Waals surface area contributed by atoms with E-state index < -0.39 is 8.32 Å². The van der Waals surface area contributed by atoms with Gasteiger partial charge >= 0.3 is 0 Å². The average Bonchev–Trinajstić information content (AvgIpc) is 1.85. The lowest BCUT2D eigenvalue weighted by Crippen LogP contribution is -2.29. The van der Waals surface area contributed by atoms with Gasteiger partial charge in [-0.2, -0.15) is 0 Å². The first-order valence-corrected chi connectivity index (χ1v) is 7.23. The molecule has 0 bridgehead atoms. The summed E-state index contributed by atoms with van der Waals surface area (Å²) < 4.78 is 5.74. The predicted molar refractivity (Wildman–Crippen MR) is 55.4 cm³/mol. The van der Waals surface area contributed by atoms with Gasteiger partial charge in [-0.05, 0) is 31.8 Å². The van der Waals surface area contributed by atoms with E-state index in [1.54, 1.807) is 0 Å². The van der Waals surface area contributed by atoms with E-state index in [2.05, 4.69) is 19.6 Å². The molecule has 0 aliphatic carbocycles. The fourth-order valence-corrected chi connectivity index (χ4v) is 1.69. The maximum Gasteiger partial charge on any atom is 0.242 e. The SMILES string of the molecule is C[Si](C)(C)Oc1ccccc1.N. The molecule has 2 nitrogen and oxygen atoms in total. The van der Waals surface area contributed by atoms with Crippen LogP contribution in [-0.4, -0.2) is 8.32 Å². The highest BCUT2D eigenvalue weighted by Gasteiger charge is 2.15. The zero-order chi connectivity index (χ0) is 8.32. The molecule has 0 heterocycles. The largest absolute Gasteiger partial charge is 0.544 e. The van der Waals surface area contributed by atoms with Crippen LogP contribution in [0.25, 0.3) is 0 Å². The fourth-order valence-electron chi connectivity index (χ4n) is 0.842. The predicted octanol–water partition coefficient (Wildman–Crippen LogP) is 3.06. The minimum atomic E-state index is -1.40. The van der Waals surface area contributed by atoms with E-state index >= 15 is 0 Å². The molecule has 0 amide bonds.